The van der Waals surface area contributed by atoms with Crippen molar-refractivity contribution in [2.75, 3.05) is 45.4 Å². The Kier molecular flexibility index (Phi) is 5.96. The fourth-order valence-corrected chi connectivity index (χ4v) is 4.49. The third-order valence-corrected chi connectivity index (χ3v) is 5.38. The highest BCUT2D eigenvalue weighted by atomic mass is 32.2. The molecule has 2 atom stereocenters. The third-order valence-electron chi connectivity index (χ3n) is 4.40. The van der Waals surface area contributed by atoms with Crippen LogP contribution in [0.3, 0.4) is 0 Å². The Morgan fingerprint density at radius 1 is 1.47 bits per heavy atom. The van der Waals surface area contributed by atoms with Gasteiger partial charge < -0.3 is 20.1 Å². The molecule has 2 N–H and O–H groups in total. The molecule has 0 aliphatic carbocycles. The van der Waals surface area contributed by atoms with Crippen LogP contribution in [0.1, 0.15) is 25.7 Å². The lowest BCUT2D eigenvalue weighted by molar-refractivity contribution is -0.108. The second-order valence-electron chi connectivity index (χ2n) is 5.95. The predicted molar refractivity (Wildman–Crippen MR) is 80.7 cm³/mol. The fourth-order valence-electron chi connectivity index (χ4n) is 3.26. The molecule has 2 heterocycles. The molecule has 19 heavy (non-hydrogen) atoms. The van der Waals surface area contributed by atoms with Crippen LogP contribution < -0.4 is 5.73 Å². The molecule has 0 aromatic heterocycles. The summed E-state index contributed by atoms with van der Waals surface area (Å²) in [7, 11) is 3.90. The first kappa shape index (κ1) is 15.6. The van der Waals surface area contributed by atoms with Crippen LogP contribution in [0.2, 0.25) is 0 Å². The zero-order valence-corrected chi connectivity index (χ0v) is 13.1. The standard InChI is InChI=1S/C14H28N2O2S/c1-16(10-12(15)11-17-2)13-3-6-18-14(9-13)4-7-19-8-5-14/h12-13H,3-11,15H2,1-2H3. The molecule has 112 valence electrons. The normalized spacial score (nSPS) is 28.7. The van der Waals surface area contributed by atoms with E-state index >= 15 is 0 Å². The number of hydrogen-bond acceptors (Lipinski definition) is 5. The van der Waals surface area contributed by atoms with Gasteiger partial charge in [0.2, 0.25) is 0 Å². The average Bonchev–Trinajstić information content (AvgIpc) is 2.40. The quantitative estimate of drug-likeness (QED) is 0.827. The monoisotopic (exact) mass is 288 g/mol. The number of rotatable bonds is 5. The van der Waals surface area contributed by atoms with Gasteiger partial charge in [-0.05, 0) is 44.2 Å². The molecular weight excluding hydrogens is 260 g/mol. The van der Waals surface area contributed by atoms with E-state index < -0.39 is 0 Å². The van der Waals surface area contributed by atoms with Gasteiger partial charge in [-0.15, -0.1) is 0 Å². The Morgan fingerprint density at radius 3 is 2.89 bits per heavy atom. The van der Waals surface area contributed by atoms with Crippen LogP contribution >= 0.6 is 11.8 Å². The summed E-state index contributed by atoms with van der Waals surface area (Å²) in [4.78, 5) is 2.41. The highest BCUT2D eigenvalue weighted by Gasteiger charge is 2.39. The largest absolute Gasteiger partial charge is 0.383 e. The molecule has 2 fully saturated rings. The van der Waals surface area contributed by atoms with Crippen molar-refractivity contribution in [3.63, 3.8) is 0 Å². The van der Waals surface area contributed by atoms with Gasteiger partial charge in [0.05, 0.1) is 12.2 Å². The SMILES string of the molecule is COCC(N)CN(C)C1CCOC2(CCSCC2)C1. The van der Waals surface area contributed by atoms with Crippen LogP contribution in [-0.4, -0.2) is 68.0 Å². The average molecular weight is 288 g/mol. The van der Waals surface area contributed by atoms with Gasteiger partial charge >= 0.3 is 0 Å². The van der Waals surface area contributed by atoms with Gasteiger partial charge in [0, 0.05) is 32.3 Å². The Morgan fingerprint density at radius 2 is 2.21 bits per heavy atom. The van der Waals surface area contributed by atoms with E-state index in [1.54, 1.807) is 7.11 Å². The van der Waals surface area contributed by atoms with E-state index in [1.807, 2.05) is 0 Å². The Labute approximate surface area is 121 Å². The van der Waals surface area contributed by atoms with Gasteiger partial charge in [-0.25, -0.2) is 0 Å². The molecule has 0 radical (unpaired) electrons. The number of likely N-dealkylation sites (N-methyl/N-ethyl adjacent to an activating group) is 1. The lowest BCUT2D eigenvalue weighted by atomic mass is 9.85. The minimum atomic E-state index is 0.107. The van der Waals surface area contributed by atoms with E-state index in [2.05, 4.69) is 23.7 Å². The van der Waals surface area contributed by atoms with Crippen molar-refractivity contribution in [3.8, 4) is 0 Å². The molecular formula is C14H28N2O2S. The summed E-state index contributed by atoms with van der Waals surface area (Å²) in [6.07, 6.45) is 4.73. The maximum atomic E-state index is 6.14. The summed E-state index contributed by atoms with van der Waals surface area (Å²) in [5, 5.41) is 0. The zero-order chi connectivity index (χ0) is 13.7. The predicted octanol–water partition coefficient (Wildman–Crippen LogP) is 1.34. The van der Waals surface area contributed by atoms with Gasteiger partial charge in [0.1, 0.15) is 0 Å². The van der Waals surface area contributed by atoms with Crippen LogP contribution in [0, 0.1) is 0 Å². The molecule has 2 aliphatic rings. The van der Waals surface area contributed by atoms with Crippen LogP contribution in [0.5, 0.6) is 0 Å². The number of methoxy groups -OCH3 is 1. The summed E-state index contributed by atoms with van der Waals surface area (Å²) in [6, 6.07) is 0.718. The molecule has 0 aromatic rings. The second-order valence-corrected chi connectivity index (χ2v) is 7.17. The smallest absolute Gasteiger partial charge is 0.0713 e. The minimum absolute atomic E-state index is 0.107. The fraction of sp³-hybridized carbons (Fsp3) is 1.00. The van der Waals surface area contributed by atoms with Gasteiger partial charge in [-0.3, -0.25) is 0 Å². The summed E-state index contributed by atoms with van der Waals surface area (Å²) in [5.41, 5.74) is 6.22. The van der Waals surface area contributed by atoms with Crippen LogP contribution in [0.4, 0.5) is 0 Å². The lowest BCUT2D eigenvalue weighted by Gasteiger charge is -2.46. The molecule has 2 aliphatic heterocycles. The van der Waals surface area contributed by atoms with E-state index in [1.165, 1.54) is 30.8 Å². The van der Waals surface area contributed by atoms with E-state index in [-0.39, 0.29) is 11.6 Å². The number of nitrogens with zero attached hydrogens (tertiary/aromatic N) is 1. The highest BCUT2D eigenvalue weighted by molar-refractivity contribution is 7.99. The van der Waals surface area contributed by atoms with Crippen molar-refractivity contribution in [1.29, 1.82) is 0 Å². The molecule has 1 spiro atoms. The second kappa shape index (κ2) is 7.27. The molecule has 2 saturated heterocycles. The number of hydrogen-bond donors (Lipinski definition) is 1. The molecule has 5 heteroatoms. The summed E-state index contributed by atoms with van der Waals surface area (Å²) in [5.74, 6) is 2.50. The summed E-state index contributed by atoms with van der Waals surface area (Å²) >= 11 is 2.06. The topological polar surface area (TPSA) is 47.7 Å². The van der Waals surface area contributed by atoms with Crippen LogP contribution in [0.15, 0.2) is 0 Å². The van der Waals surface area contributed by atoms with E-state index in [9.17, 15) is 0 Å². The summed E-state index contributed by atoms with van der Waals surface area (Å²) < 4.78 is 11.3. The Hall–Kier alpha value is 0.190. The first-order valence-corrected chi connectivity index (χ1v) is 8.47. The molecule has 4 nitrogen and oxygen atoms in total. The van der Waals surface area contributed by atoms with Crippen molar-refractivity contribution >= 4 is 11.8 Å². The third kappa shape index (κ3) is 4.33. The number of thioether (sulfide) groups is 1. The first-order chi connectivity index (χ1) is 9.15. The molecule has 0 amide bonds. The van der Waals surface area contributed by atoms with Crippen LogP contribution in [0.25, 0.3) is 0 Å². The van der Waals surface area contributed by atoms with E-state index in [4.69, 9.17) is 15.2 Å². The van der Waals surface area contributed by atoms with Gasteiger partial charge in [0.15, 0.2) is 0 Å². The number of nitrogens with two attached hydrogens (primary N) is 1. The highest BCUT2D eigenvalue weighted by Crippen LogP contribution is 2.38. The molecule has 0 saturated carbocycles. The first-order valence-electron chi connectivity index (χ1n) is 7.32. The maximum absolute atomic E-state index is 6.14. The molecule has 2 unspecified atom stereocenters. The molecule has 2 rings (SSSR count). The Bertz CT molecular complexity index is 267. The van der Waals surface area contributed by atoms with Crippen molar-refractivity contribution in [1.82, 2.24) is 4.90 Å². The van der Waals surface area contributed by atoms with Crippen molar-refractivity contribution in [2.24, 2.45) is 5.73 Å². The van der Waals surface area contributed by atoms with Crippen LogP contribution in [-0.2, 0) is 9.47 Å². The van der Waals surface area contributed by atoms with Gasteiger partial charge in [-0.2, -0.15) is 11.8 Å². The van der Waals surface area contributed by atoms with E-state index in [0.29, 0.717) is 12.6 Å². The van der Waals surface area contributed by atoms with E-state index in [0.717, 1.165) is 19.6 Å². The summed E-state index contributed by atoms with van der Waals surface area (Å²) in [6.45, 7) is 2.44. The number of ether oxygens (including phenoxy) is 2. The molecule has 0 bridgehead atoms. The molecule has 0 aromatic carbocycles. The minimum Gasteiger partial charge on any atom is -0.383 e. The van der Waals surface area contributed by atoms with Crippen molar-refractivity contribution in [2.45, 2.75) is 43.4 Å². The zero-order valence-electron chi connectivity index (χ0n) is 12.3. The maximum Gasteiger partial charge on any atom is 0.0713 e. The van der Waals surface area contributed by atoms with Gasteiger partial charge in [0.25, 0.3) is 0 Å². The van der Waals surface area contributed by atoms with Gasteiger partial charge in [-0.1, -0.05) is 0 Å². The Balaban J connectivity index is 1.85. The lowest BCUT2D eigenvalue weighted by Crippen LogP contribution is -2.51. The van der Waals surface area contributed by atoms with Crippen molar-refractivity contribution < 1.29 is 9.47 Å². The van der Waals surface area contributed by atoms with Crippen molar-refractivity contribution in [3.05, 3.63) is 0 Å².